The molecule has 0 aromatic carbocycles. The van der Waals surface area contributed by atoms with Gasteiger partial charge in [0, 0.05) is 10.4 Å². The summed E-state index contributed by atoms with van der Waals surface area (Å²) < 4.78 is 0.813. The highest BCUT2D eigenvalue weighted by Crippen LogP contribution is 2.36. The van der Waals surface area contributed by atoms with E-state index in [2.05, 4.69) is 38.7 Å². The molecule has 0 bridgehead atoms. The lowest BCUT2D eigenvalue weighted by atomic mass is 9.86. The van der Waals surface area contributed by atoms with Gasteiger partial charge in [-0.2, -0.15) is 0 Å². The van der Waals surface area contributed by atoms with Crippen LogP contribution in [0.2, 0.25) is 4.34 Å². The molecule has 2 N–H and O–H groups in total. The first-order valence-electron chi connectivity index (χ1n) is 6.25. The Labute approximate surface area is 114 Å². The standard InChI is InChI=1S/C13H23ClN2S/c1-5-13(4,16(6-2)7-3)12(15)10-8-9-11(14)17-10/h8-9,12H,5-7,15H2,1-4H3. The van der Waals surface area contributed by atoms with Crippen molar-refractivity contribution in [3.8, 4) is 0 Å². The lowest BCUT2D eigenvalue weighted by Gasteiger charge is -2.43. The summed E-state index contributed by atoms with van der Waals surface area (Å²) in [5, 5.41) is 0. The second kappa shape index (κ2) is 6.19. The number of hydrogen-bond donors (Lipinski definition) is 1. The van der Waals surface area contributed by atoms with Gasteiger partial charge < -0.3 is 5.73 Å². The molecule has 0 radical (unpaired) electrons. The average Bonchev–Trinajstić information content (AvgIpc) is 2.76. The molecule has 1 heterocycles. The van der Waals surface area contributed by atoms with E-state index in [1.807, 2.05) is 6.07 Å². The minimum absolute atomic E-state index is 0.00230. The van der Waals surface area contributed by atoms with E-state index in [9.17, 15) is 0 Å². The Morgan fingerprint density at radius 1 is 1.35 bits per heavy atom. The predicted molar refractivity (Wildman–Crippen MR) is 77.9 cm³/mol. The smallest absolute Gasteiger partial charge is 0.0931 e. The fourth-order valence-corrected chi connectivity index (χ4v) is 3.60. The maximum atomic E-state index is 6.46. The summed E-state index contributed by atoms with van der Waals surface area (Å²) in [5.74, 6) is 0. The molecule has 0 saturated heterocycles. The van der Waals surface area contributed by atoms with Crippen LogP contribution in [-0.2, 0) is 0 Å². The first kappa shape index (κ1) is 15.0. The first-order chi connectivity index (χ1) is 7.99. The van der Waals surface area contributed by atoms with Crippen LogP contribution in [0.25, 0.3) is 0 Å². The van der Waals surface area contributed by atoms with E-state index < -0.39 is 0 Å². The number of nitrogens with zero attached hydrogens (tertiary/aromatic N) is 1. The Hall–Kier alpha value is -0.0900. The van der Waals surface area contributed by atoms with Crippen molar-refractivity contribution < 1.29 is 0 Å². The molecule has 0 amide bonds. The Balaban J connectivity index is 2.99. The molecule has 1 rings (SSSR count). The van der Waals surface area contributed by atoms with Gasteiger partial charge in [0.2, 0.25) is 0 Å². The van der Waals surface area contributed by atoms with Crippen LogP contribution in [0.1, 0.15) is 45.0 Å². The third kappa shape index (κ3) is 3.02. The number of rotatable bonds is 6. The molecule has 4 heteroatoms. The zero-order valence-corrected chi connectivity index (χ0v) is 12.7. The molecule has 2 unspecified atom stereocenters. The van der Waals surface area contributed by atoms with Gasteiger partial charge in [-0.1, -0.05) is 32.4 Å². The van der Waals surface area contributed by atoms with Crippen molar-refractivity contribution in [3.05, 3.63) is 21.3 Å². The van der Waals surface area contributed by atoms with Crippen molar-refractivity contribution in [2.45, 2.75) is 45.7 Å². The zero-order chi connectivity index (χ0) is 13.1. The number of hydrogen-bond acceptors (Lipinski definition) is 3. The van der Waals surface area contributed by atoms with Crippen molar-refractivity contribution in [1.29, 1.82) is 0 Å². The molecule has 0 saturated carbocycles. The van der Waals surface area contributed by atoms with Gasteiger partial charge in [-0.05, 0) is 38.6 Å². The summed E-state index contributed by atoms with van der Waals surface area (Å²) in [6, 6.07) is 4.00. The van der Waals surface area contributed by atoms with Crippen LogP contribution in [-0.4, -0.2) is 23.5 Å². The van der Waals surface area contributed by atoms with Gasteiger partial charge in [0.05, 0.1) is 10.4 Å². The number of nitrogens with two attached hydrogens (primary N) is 1. The normalized spacial score (nSPS) is 17.1. The van der Waals surface area contributed by atoms with Crippen LogP contribution in [0.15, 0.2) is 12.1 Å². The van der Waals surface area contributed by atoms with Crippen molar-refractivity contribution >= 4 is 22.9 Å². The molecule has 98 valence electrons. The lowest BCUT2D eigenvalue weighted by molar-refractivity contribution is 0.0856. The number of thiophene rings is 1. The summed E-state index contributed by atoms with van der Waals surface area (Å²) in [5.41, 5.74) is 6.46. The summed E-state index contributed by atoms with van der Waals surface area (Å²) in [7, 11) is 0. The molecule has 2 atom stereocenters. The predicted octanol–water partition coefficient (Wildman–Crippen LogP) is 3.91. The molecule has 1 aromatic heterocycles. The van der Waals surface area contributed by atoms with Gasteiger partial charge in [-0.3, -0.25) is 4.90 Å². The van der Waals surface area contributed by atoms with Crippen LogP contribution in [0, 0.1) is 0 Å². The van der Waals surface area contributed by atoms with Crippen LogP contribution in [0.3, 0.4) is 0 Å². The number of likely N-dealkylation sites (N-methyl/N-ethyl adjacent to an activating group) is 1. The minimum atomic E-state index is -0.00230. The molecule has 2 nitrogen and oxygen atoms in total. The van der Waals surface area contributed by atoms with Crippen LogP contribution in [0.5, 0.6) is 0 Å². The van der Waals surface area contributed by atoms with E-state index in [1.54, 1.807) is 11.3 Å². The summed E-state index contributed by atoms with van der Waals surface area (Å²) in [6.45, 7) is 10.9. The van der Waals surface area contributed by atoms with E-state index in [1.165, 1.54) is 4.88 Å². The topological polar surface area (TPSA) is 29.3 Å². The van der Waals surface area contributed by atoms with Crippen LogP contribution in [0.4, 0.5) is 0 Å². The number of halogens is 1. The van der Waals surface area contributed by atoms with Crippen molar-refractivity contribution in [3.63, 3.8) is 0 Å². The zero-order valence-electron chi connectivity index (χ0n) is 11.2. The van der Waals surface area contributed by atoms with Gasteiger partial charge in [-0.25, -0.2) is 0 Å². The molecule has 0 fully saturated rings. The SMILES string of the molecule is CCN(CC)C(C)(CC)C(N)c1ccc(Cl)s1. The Morgan fingerprint density at radius 3 is 2.29 bits per heavy atom. The Bertz CT molecular complexity index is 349. The van der Waals surface area contributed by atoms with E-state index in [0.717, 1.165) is 23.8 Å². The third-order valence-corrected chi connectivity index (χ3v) is 5.09. The van der Waals surface area contributed by atoms with Crippen molar-refractivity contribution in [2.75, 3.05) is 13.1 Å². The second-order valence-corrected chi connectivity index (χ2v) is 6.25. The molecule has 0 aliphatic carbocycles. The summed E-state index contributed by atoms with van der Waals surface area (Å²) in [4.78, 5) is 3.61. The summed E-state index contributed by atoms with van der Waals surface area (Å²) in [6.07, 6.45) is 1.03. The van der Waals surface area contributed by atoms with Gasteiger partial charge >= 0.3 is 0 Å². The maximum Gasteiger partial charge on any atom is 0.0931 e. The van der Waals surface area contributed by atoms with Crippen molar-refractivity contribution in [1.82, 2.24) is 4.90 Å². The first-order valence-corrected chi connectivity index (χ1v) is 7.44. The largest absolute Gasteiger partial charge is 0.322 e. The van der Waals surface area contributed by atoms with Gasteiger partial charge in [-0.15, -0.1) is 11.3 Å². The maximum absolute atomic E-state index is 6.46. The highest BCUT2D eigenvalue weighted by molar-refractivity contribution is 7.16. The van der Waals surface area contributed by atoms with Crippen molar-refractivity contribution in [2.24, 2.45) is 5.73 Å². The monoisotopic (exact) mass is 274 g/mol. The van der Waals surface area contributed by atoms with Gasteiger partial charge in [0.25, 0.3) is 0 Å². The summed E-state index contributed by atoms with van der Waals surface area (Å²) >= 11 is 7.58. The van der Waals surface area contributed by atoms with Gasteiger partial charge in [0.15, 0.2) is 0 Å². The third-order valence-electron chi connectivity index (χ3n) is 3.77. The van der Waals surface area contributed by atoms with E-state index in [-0.39, 0.29) is 11.6 Å². The Morgan fingerprint density at radius 2 is 1.94 bits per heavy atom. The van der Waals surface area contributed by atoms with E-state index >= 15 is 0 Å². The molecule has 0 aliphatic heterocycles. The highest BCUT2D eigenvalue weighted by Gasteiger charge is 2.36. The molecule has 1 aromatic rings. The second-order valence-electron chi connectivity index (χ2n) is 4.50. The average molecular weight is 275 g/mol. The minimum Gasteiger partial charge on any atom is -0.322 e. The van der Waals surface area contributed by atoms with Gasteiger partial charge in [0.1, 0.15) is 0 Å². The quantitative estimate of drug-likeness (QED) is 0.852. The lowest BCUT2D eigenvalue weighted by Crippen LogP contribution is -2.52. The molecular formula is C13H23ClN2S. The molecule has 0 spiro atoms. The van der Waals surface area contributed by atoms with E-state index in [0.29, 0.717) is 0 Å². The Kier molecular flexibility index (Phi) is 5.45. The van der Waals surface area contributed by atoms with E-state index in [4.69, 9.17) is 17.3 Å². The molecule has 0 aliphatic rings. The fourth-order valence-electron chi connectivity index (χ4n) is 2.39. The van der Waals surface area contributed by atoms with Crippen LogP contribution < -0.4 is 5.73 Å². The highest BCUT2D eigenvalue weighted by atomic mass is 35.5. The molecular weight excluding hydrogens is 252 g/mol. The van der Waals surface area contributed by atoms with Crippen LogP contribution >= 0.6 is 22.9 Å². The fraction of sp³-hybridized carbons (Fsp3) is 0.692. The molecule has 17 heavy (non-hydrogen) atoms.